The van der Waals surface area contributed by atoms with E-state index in [1.54, 1.807) is 18.3 Å². The van der Waals surface area contributed by atoms with Gasteiger partial charge >= 0.3 is 0 Å². The van der Waals surface area contributed by atoms with Gasteiger partial charge in [0.2, 0.25) is 17.7 Å². The molecule has 4 rings (SSSR count). The van der Waals surface area contributed by atoms with Crippen LogP contribution in [0, 0.1) is 0 Å². The van der Waals surface area contributed by atoms with Crippen LogP contribution in [0.2, 0.25) is 0 Å². The third kappa shape index (κ3) is 10.1. The van der Waals surface area contributed by atoms with E-state index in [9.17, 15) is 29.1 Å². The maximum Gasteiger partial charge on any atom is 0.261 e. The van der Waals surface area contributed by atoms with Crippen LogP contribution in [0.15, 0.2) is 85.1 Å². The number of phenolic OH excluding ortho intramolecular Hbond substituents is 1. The number of rotatable bonds is 14. The van der Waals surface area contributed by atoms with Gasteiger partial charge in [0.1, 0.15) is 17.8 Å². The summed E-state index contributed by atoms with van der Waals surface area (Å²) in [5.41, 5.74) is 19.8. The Morgan fingerprint density at radius 1 is 0.708 bits per heavy atom. The molecule has 0 bridgehead atoms. The molecule has 4 aromatic rings. The molecule has 0 aliphatic rings. The maximum absolute atomic E-state index is 13.3. The van der Waals surface area contributed by atoms with Gasteiger partial charge in [-0.25, -0.2) is 0 Å². The SMILES string of the molecule is C[C@@H](NC(=O)[C@@H](N)Cc1ccc(O)cc1)C(=O)NCC(=O)N[C@@H](Cc1c[nH]c2ccccc12)C(=O)NNC(=O)[C@@H](N)Cc1ccccc1. The number of phenols is 1. The second kappa shape index (κ2) is 16.7. The Morgan fingerprint density at radius 2 is 1.31 bits per heavy atom. The van der Waals surface area contributed by atoms with Gasteiger partial charge in [0.25, 0.3) is 11.8 Å². The first-order valence-electron chi connectivity index (χ1n) is 15.3. The van der Waals surface area contributed by atoms with Gasteiger partial charge in [-0.3, -0.25) is 34.8 Å². The Hall–Kier alpha value is -5.73. The lowest BCUT2D eigenvalue weighted by Gasteiger charge is -2.20. The molecular formula is C34H40N8O6. The molecule has 4 atom stereocenters. The van der Waals surface area contributed by atoms with Crippen LogP contribution in [0.5, 0.6) is 5.75 Å². The Labute approximate surface area is 277 Å². The van der Waals surface area contributed by atoms with Gasteiger partial charge in [0.05, 0.1) is 18.6 Å². The van der Waals surface area contributed by atoms with Crippen molar-refractivity contribution in [3.63, 3.8) is 0 Å². The number of para-hydroxylation sites is 1. The highest BCUT2D eigenvalue weighted by Gasteiger charge is 2.25. The van der Waals surface area contributed by atoms with E-state index in [0.717, 1.165) is 27.6 Å². The van der Waals surface area contributed by atoms with E-state index >= 15 is 0 Å². The lowest BCUT2D eigenvalue weighted by atomic mass is 10.0. The van der Waals surface area contributed by atoms with E-state index in [2.05, 4.69) is 31.8 Å². The number of hydrazine groups is 1. The minimum atomic E-state index is -1.14. The van der Waals surface area contributed by atoms with E-state index < -0.39 is 60.2 Å². The number of carbonyl (C=O) groups excluding carboxylic acids is 5. The number of hydrogen-bond acceptors (Lipinski definition) is 8. The standard InChI is InChI=1S/C34H40N8O6/c1-20(39-32(46)26(35)16-22-11-13-24(43)14-12-22)31(45)38-19-30(44)40-29(17-23-18-37-28-10-6-5-9-25(23)28)34(48)42-41-33(47)27(36)15-21-7-3-2-4-8-21/h2-14,18,20,26-27,29,37,43H,15-17,19,35-36H2,1H3,(H,38,45)(H,39,46)(H,40,44)(H,41,47)(H,42,48)/t20-,26+,27+,29+/m1/s1. The quantitative estimate of drug-likeness (QED) is 0.0824. The van der Waals surface area contributed by atoms with Crippen LogP contribution in [-0.2, 0) is 43.2 Å². The Morgan fingerprint density at radius 3 is 2.02 bits per heavy atom. The molecule has 14 nitrogen and oxygen atoms in total. The van der Waals surface area contributed by atoms with Gasteiger partial charge in [-0.05, 0) is 54.7 Å². The molecule has 0 fully saturated rings. The van der Waals surface area contributed by atoms with Crippen molar-refractivity contribution in [3.05, 3.63) is 102 Å². The zero-order valence-electron chi connectivity index (χ0n) is 26.4. The van der Waals surface area contributed by atoms with Crippen molar-refractivity contribution in [2.24, 2.45) is 11.5 Å². The second-order valence-electron chi connectivity index (χ2n) is 11.4. The molecule has 11 N–H and O–H groups in total. The van der Waals surface area contributed by atoms with Crippen molar-refractivity contribution in [1.29, 1.82) is 0 Å². The molecule has 252 valence electrons. The highest BCUT2D eigenvalue weighted by molar-refractivity contribution is 5.94. The van der Waals surface area contributed by atoms with Crippen molar-refractivity contribution in [3.8, 4) is 5.75 Å². The van der Waals surface area contributed by atoms with E-state index in [-0.39, 0.29) is 25.0 Å². The number of aromatic nitrogens is 1. The lowest BCUT2D eigenvalue weighted by molar-refractivity contribution is -0.133. The number of amides is 5. The largest absolute Gasteiger partial charge is 0.508 e. The van der Waals surface area contributed by atoms with E-state index in [0.29, 0.717) is 0 Å². The van der Waals surface area contributed by atoms with Crippen LogP contribution >= 0.6 is 0 Å². The second-order valence-corrected chi connectivity index (χ2v) is 11.4. The molecule has 5 amide bonds. The normalized spacial score (nSPS) is 13.4. The number of fused-ring (bicyclic) bond motifs is 1. The zero-order chi connectivity index (χ0) is 34.6. The first kappa shape index (κ1) is 35.1. The van der Waals surface area contributed by atoms with Crippen molar-refractivity contribution in [2.75, 3.05) is 6.54 Å². The van der Waals surface area contributed by atoms with E-state index in [1.165, 1.54) is 19.1 Å². The monoisotopic (exact) mass is 656 g/mol. The van der Waals surface area contributed by atoms with Gasteiger partial charge in [0.15, 0.2) is 0 Å². The fourth-order valence-corrected chi connectivity index (χ4v) is 4.92. The highest BCUT2D eigenvalue weighted by atomic mass is 16.3. The van der Waals surface area contributed by atoms with Gasteiger partial charge in [-0.15, -0.1) is 0 Å². The van der Waals surface area contributed by atoms with Crippen molar-refractivity contribution in [1.82, 2.24) is 31.8 Å². The van der Waals surface area contributed by atoms with E-state index in [1.807, 2.05) is 54.6 Å². The summed E-state index contributed by atoms with van der Waals surface area (Å²) in [6.45, 7) is 0.946. The molecule has 1 aromatic heterocycles. The van der Waals surface area contributed by atoms with E-state index in [4.69, 9.17) is 11.5 Å². The summed E-state index contributed by atoms with van der Waals surface area (Å²) in [6, 6.07) is 18.8. The number of benzene rings is 3. The Kier molecular flexibility index (Phi) is 12.2. The Bertz CT molecular complexity index is 1730. The van der Waals surface area contributed by atoms with Gasteiger partial charge in [0, 0.05) is 23.5 Å². The predicted octanol–water partition coefficient (Wildman–Crippen LogP) is -0.191. The molecular weight excluding hydrogens is 616 g/mol. The molecule has 0 saturated heterocycles. The van der Waals surface area contributed by atoms with Gasteiger partial charge in [-0.1, -0.05) is 60.7 Å². The van der Waals surface area contributed by atoms with Crippen LogP contribution in [0.25, 0.3) is 10.9 Å². The number of nitrogens with one attached hydrogen (secondary N) is 6. The number of aromatic hydroxyl groups is 1. The minimum absolute atomic E-state index is 0.0624. The predicted molar refractivity (Wildman–Crippen MR) is 179 cm³/mol. The summed E-state index contributed by atoms with van der Waals surface area (Å²) in [5, 5.41) is 17.8. The van der Waals surface area contributed by atoms with Crippen LogP contribution < -0.4 is 38.3 Å². The Balaban J connectivity index is 1.32. The fourth-order valence-electron chi connectivity index (χ4n) is 4.92. The number of H-pyrrole nitrogens is 1. The number of carbonyl (C=O) groups is 5. The number of nitrogens with two attached hydrogens (primary N) is 2. The van der Waals surface area contributed by atoms with Crippen LogP contribution in [0.3, 0.4) is 0 Å². The smallest absolute Gasteiger partial charge is 0.261 e. The lowest BCUT2D eigenvalue weighted by Crippen LogP contribution is -2.57. The van der Waals surface area contributed by atoms with Crippen molar-refractivity contribution in [2.45, 2.75) is 50.4 Å². The molecule has 0 saturated carbocycles. The number of aromatic amines is 1. The highest BCUT2D eigenvalue weighted by Crippen LogP contribution is 2.19. The first-order valence-corrected chi connectivity index (χ1v) is 15.3. The van der Waals surface area contributed by atoms with Crippen LogP contribution in [0.4, 0.5) is 0 Å². The summed E-state index contributed by atoms with van der Waals surface area (Å²) in [7, 11) is 0. The molecule has 3 aromatic carbocycles. The summed E-state index contributed by atoms with van der Waals surface area (Å²) < 4.78 is 0. The summed E-state index contributed by atoms with van der Waals surface area (Å²) in [5.74, 6) is -3.14. The molecule has 48 heavy (non-hydrogen) atoms. The maximum atomic E-state index is 13.3. The average molecular weight is 657 g/mol. The third-order valence-corrected chi connectivity index (χ3v) is 7.60. The third-order valence-electron chi connectivity index (χ3n) is 7.60. The molecule has 1 heterocycles. The minimum Gasteiger partial charge on any atom is -0.508 e. The molecule has 14 heteroatoms. The first-order chi connectivity index (χ1) is 23.0. The molecule has 0 radical (unpaired) electrons. The molecule has 0 aliphatic heterocycles. The van der Waals surface area contributed by atoms with Gasteiger partial charge < -0.3 is 37.5 Å². The van der Waals surface area contributed by atoms with Gasteiger partial charge in [-0.2, -0.15) is 0 Å². The molecule has 0 unspecified atom stereocenters. The summed E-state index contributed by atoms with van der Waals surface area (Å²) >= 11 is 0. The van der Waals surface area contributed by atoms with Crippen molar-refractivity contribution >= 4 is 40.4 Å². The average Bonchev–Trinajstić information content (AvgIpc) is 3.49. The summed E-state index contributed by atoms with van der Waals surface area (Å²) in [4.78, 5) is 67.2. The summed E-state index contributed by atoms with van der Waals surface area (Å²) in [6.07, 6.45) is 2.22. The molecule has 0 spiro atoms. The van der Waals surface area contributed by atoms with Crippen molar-refractivity contribution < 1.29 is 29.1 Å². The zero-order valence-corrected chi connectivity index (χ0v) is 26.4. The van der Waals surface area contributed by atoms with Crippen LogP contribution in [-0.4, -0.2) is 70.3 Å². The van der Waals surface area contributed by atoms with Crippen LogP contribution in [0.1, 0.15) is 23.6 Å². The molecule has 0 aliphatic carbocycles. The fraction of sp³-hybridized carbons (Fsp3) is 0.265. The number of hydrogen-bond donors (Lipinski definition) is 9. The topological polar surface area (TPSA) is 234 Å².